The van der Waals surface area contributed by atoms with Crippen molar-refractivity contribution in [3.63, 3.8) is 0 Å². The predicted octanol–water partition coefficient (Wildman–Crippen LogP) is 2.73. The number of hydrogen-bond acceptors (Lipinski definition) is 6. The van der Waals surface area contributed by atoms with Gasteiger partial charge in [0.05, 0.1) is 21.5 Å². The van der Waals surface area contributed by atoms with Gasteiger partial charge >= 0.3 is 0 Å². The molecule has 6 nitrogen and oxygen atoms in total. The Morgan fingerprint density at radius 1 is 1.10 bits per heavy atom. The molecule has 0 saturated carbocycles. The average molecular weight is 434 g/mol. The number of rotatable bonds is 4. The minimum absolute atomic E-state index is 0.0168. The summed E-state index contributed by atoms with van der Waals surface area (Å²) >= 11 is 1.46. The van der Waals surface area contributed by atoms with E-state index in [1.54, 1.807) is 18.2 Å². The topological polar surface area (TPSA) is 70.6 Å². The van der Waals surface area contributed by atoms with Crippen LogP contribution in [0.1, 0.15) is 5.56 Å². The van der Waals surface area contributed by atoms with Gasteiger partial charge in [-0.2, -0.15) is 0 Å². The lowest BCUT2D eigenvalue weighted by Crippen LogP contribution is -2.49. The number of carbonyl (C=O) groups excluding carboxylic acids is 1. The molecule has 9 heteroatoms. The second-order valence-corrected chi connectivity index (χ2v) is 10.1. The molecule has 0 spiro atoms. The second kappa shape index (κ2) is 7.72. The molecule has 1 saturated heterocycles. The van der Waals surface area contributed by atoms with Gasteiger partial charge in [0, 0.05) is 32.4 Å². The van der Waals surface area contributed by atoms with Crippen LogP contribution in [0.15, 0.2) is 47.4 Å². The third-order valence-corrected chi connectivity index (χ3v) is 7.16. The van der Waals surface area contributed by atoms with E-state index in [0.29, 0.717) is 26.2 Å². The quantitative estimate of drug-likeness (QED) is 0.633. The second-order valence-electron chi connectivity index (χ2n) is 7.07. The molecule has 0 bridgehead atoms. The monoisotopic (exact) mass is 433 g/mol. The fourth-order valence-corrected chi connectivity index (χ4v) is 4.98. The lowest BCUT2D eigenvalue weighted by Gasteiger charge is -2.34. The van der Waals surface area contributed by atoms with E-state index in [2.05, 4.69) is 9.88 Å². The van der Waals surface area contributed by atoms with Crippen LogP contribution in [-0.2, 0) is 21.1 Å². The maximum atomic E-state index is 13.4. The molecule has 1 aromatic heterocycles. The van der Waals surface area contributed by atoms with E-state index in [1.807, 2.05) is 4.90 Å². The summed E-state index contributed by atoms with van der Waals surface area (Å²) in [6, 6.07) is 11.0. The highest BCUT2D eigenvalue weighted by Gasteiger charge is 2.23. The van der Waals surface area contributed by atoms with Crippen LogP contribution in [-0.4, -0.2) is 56.6 Å². The number of benzene rings is 2. The largest absolute Gasteiger partial charge is 0.345 e. The van der Waals surface area contributed by atoms with Crippen LogP contribution in [0.3, 0.4) is 0 Å². The smallest absolute Gasteiger partial charge is 0.227 e. The van der Waals surface area contributed by atoms with Gasteiger partial charge in [0.1, 0.15) is 5.82 Å². The molecule has 0 unspecified atom stereocenters. The average Bonchev–Trinajstić information content (AvgIpc) is 3.11. The molecule has 1 fully saturated rings. The van der Waals surface area contributed by atoms with E-state index in [1.165, 1.54) is 35.6 Å². The number of fused-ring (bicyclic) bond motifs is 1. The molecule has 1 amide bonds. The Kier molecular flexibility index (Phi) is 5.26. The summed E-state index contributed by atoms with van der Waals surface area (Å²) in [4.78, 5) is 21.4. The van der Waals surface area contributed by atoms with E-state index in [4.69, 9.17) is 0 Å². The summed E-state index contributed by atoms with van der Waals surface area (Å²) in [5, 5.41) is 0.842. The first-order valence-electron chi connectivity index (χ1n) is 9.17. The highest BCUT2D eigenvalue weighted by atomic mass is 32.2. The van der Waals surface area contributed by atoms with Crippen molar-refractivity contribution in [2.45, 2.75) is 11.3 Å². The van der Waals surface area contributed by atoms with Crippen molar-refractivity contribution >= 4 is 42.4 Å². The minimum atomic E-state index is -3.24. The standard InChI is InChI=1S/C20H20FN3O3S2/c1-29(26,27)16-5-2-14(3-6-16)12-19(25)23-8-10-24(11-9-23)20-22-17-7-4-15(21)13-18(17)28-20/h2-7,13H,8-12H2,1H3. The summed E-state index contributed by atoms with van der Waals surface area (Å²) in [6.45, 7) is 2.51. The molecule has 2 heterocycles. The van der Waals surface area contributed by atoms with Gasteiger partial charge in [0.25, 0.3) is 0 Å². The molecular weight excluding hydrogens is 413 g/mol. The van der Waals surface area contributed by atoms with Gasteiger partial charge in [0.2, 0.25) is 5.91 Å². The molecule has 1 aliphatic rings. The molecule has 29 heavy (non-hydrogen) atoms. The normalized spacial score (nSPS) is 15.1. The van der Waals surface area contributed by atoms with Crippen LogP contribution in [0.2, 0.25) is 0 Å². The van der Waals surface area contributed by atoms with Crippen molar-refractivity contribution in [3.8, 4) is 0 Å². The molecule has 0 aliphatic carbocycles. The fourth-order valence-electron chi connectivity index (χ4n) is 3.31. The Balaban J connectivity index is 1.36. The SMILES string of the molecule is CS(=O)(=O)c1ccc(CC(=O)N2CCN(c3nc4ccc(F)cc4s3)CC2)cc1. The number of anilines is 1. The lowest BCUT2D eigenvalue weighted by atomic mass is 10.1. The van der Waals surface area contributed by atoms with Gasteiger partial charge in [0.15, 0.2) is 15.0 Å². The van der Waals surface area contributed by atoms with Crippen molar-refractivity contribution in [3.05, 3.63) is 53.8 Å². The van der Waals surface area contributed by atoms with Gasteiger partial charge in [-0.3, -0.25) is 4.79 Å². The van der Waals surface area contributed by atoms with E-state index >= 15 is 0 Å². The summed E-state index contributed by atoms with van der Waals surface area (Å²) in [5.41, 5.74) is 1.57. The summed E-state index contributed by atoms with van der Waals surface area (Å²) in [5.74, 6) is -0.254. The molecule has 0 N–H and O–H groups in total. The fraction of sp³-hybridized carbons (Fsp3) is 0.300. The number of aromatic nitrogens is 1. The molecular formula is C20H20FN3O3S2. The van der Waals surface area contributed by atoms with Crippen LogP contribution in [0.25, 0.3) is 10.2 Å². The number of nitrogens with zero attached hydrogens (tertiary/aromatic N) is 3. The Morgan fingerprint density at radius 2 is 1.79 bits per heavy atom. The zero-order chi connectivity index (χ0) is 20.6. The van der Waals surface area contributed by atoms with Gasteiger partial charge < -0.3 is 9.80 Å². The van der Waals surface area contributed by atoms with Gasteiger partial charge in [-0.05, 0) is 35.9 Å². The Hall–Kier alpha value is -2.52. The minimum Gasteiger partial charge on any atom is -0.345 e. The van der Waals surface area contributed by atoms with Gasteiger partial charge in [-0.1, -0.05) is 23.5 Å². The third kappa shape index (κ3) is 4.40. The van der Waals surface area contributed by atoms with Gasteiger partial charge in [-0.15, -0.1) is 0 Å². The number of sulfone groups is 1. The van der Waals surface area contributed by atoms with E-state index in [0.717, 1.165) is 27.2 Å². The maximum absolute atomic E-state index is 13.4. The number of halogens is 1. The van der Waals surface area contributed by atoms with Crippen LogP contribution in [0.4, 0.5) is 9.52 Å². The molecule has 1 aliphatic heterocycles. The van der Waals surface area contributed by atoms with Crippen LogP contribution in [0, 0.1) is 5.82 Å². The number of hydrogen-bond donors (Lipinski definition) is 0. The molecule has 0 radical (unpaired) electrons. The highest BCUT2D eigenvalue weighted by Crippen LogP contribution is 2.30. The lowest BCUT2D eigenvalue weighted by molar-refractivity contribution is -0.130. The van der Waals surface area contributed by atoms with E-state index < -0.39 is 9.84 Å². The Morgan fingerprint density at radius 3 is 2.45 bits per heavy atom. The summed E-state index contributed by atoms with van der Waals surface area (Å²) < 4.78 is 37.3. The summed E-state index contributed by atoms with van der Waals surface area (Å²) in [6.07, 6.45) is 1.40. The molecule has 0 atom stereocenters. The highest BCUT2D eigenvalue weighted by molar-refractivity contribution is 7.90. The Labute approximate surface area is 172 Å². The van der Waals surface area contributed by atoms with Crippen molar-refractivity contribution in [1.29, 1.82) is 0 Å². The van der Waals surface area contributed by atoms with E-state index in [9.17, 15) is 17.6 Å². The third-order valence-electron chi connectivity index (χ3n) is 4.95. The van der Waals surface area contributed by atoms with Gasteiger partial charge in [-0.25, -0.2) is 17.8 Å². The number of amides is 1. The number of carbonyl (C=O) groups is 1. The van der Waals surface area contributed by atoms with E-state index in [-0.39, 0.29) is 23.0 Å². The van der Waals surface area contributed by atoms with Crippen molar-refractivity contribution in [2.24, 2.45) is 0 Å². The summed E-state index contributed by atoms with van der Waals surface area (Å²) in [7, 11) is -3.24. The molecule has 4 rings (SSSR count). The maximum Gasteiger partial charge on any atom is 0.227 e. The van der Waals surface area contributed by atoms with Crippen LogP contribution < -0.4 is 4.90 Å². The van der Waals surface area contributed by atoms with Crippen LogP contribution in [0.5, 0.6) is 0 Å². The zero-order valence-corrected chi connectivity index (χ0v) is 17.5. The van der Waals surface area contributed by atoms with Crippen molar-refractivity contribution < 1.29 is 17.6 Å². The molecule has 152 valence electrons. The number of thiazole rings is 1. The van der Waals surface area contributed by atoms with Crippen molar-refractivity contribution in [1.82, 2.24) is 9.88 Å². The first-order valence-corrected chi connectivity index (χ1v) is 11.9. The number of piperazine rings is 1. The Bertz CT molecular complexity index is 1150. The van der Waals surface area contributed by atoms with Crippen molar-refractivity contribution in [2.75, 3.05) is 37.3 Å². The predicted molar refractivity (Wildman–Crippen MR) is 112 cm³/mol. The first-order chi connectivity index (χ1) is 13.8. The zero-order valence-electron chi connectivity index (χ0n) is 15.8. The van der Waals surface area contributed by atoms with Crippen LogP contribution >= 0.6 is 11.3 Å². The molecule has 3 aromatic rings. The molecule has 2 aromatic carbocycles. The first kappa shape index (κ1) is 19.8.